The summed E-state index contributed by atoms with van der Waals surface area (Å²) in [5.41, 5.74) is 2.34. The molecule has 1 saturated heterocycles. The molecule has 2 heterocycles. The number of anilines is 1. The number of hydrogen-bond donors (Lipinski definition) is 4. The second kappa shape index (κ2) is 5.40. The van der Waals surface area contributed by atoms with Crippen molar-refractivity contribution in [3.8, 4) is 0 Å². The Bertz CT molecular complexity index is 515. The van der Waals surface area contributed by atoms with Crippen molar-refractivity contribution in [2.45, 2.75) is 18.9 Å². The number of carbonyl (C=O) groups is 3. The molecule has 1 unspecified atom stereocenters. The Morgan fingerprint density at radius 2 is 2.16 bits per heavy atom. The number of hydrogen-bond acceptors (Lipinski definition) is 7. The third-order valence-electron chi connectivity index (χ3n) is 2.59. The average Bonchev–Trinajstić information content (AvgIpc) is 2.42. The van der Waals surface area contributed by atoms with Crippen LogP contribution >= 0.6 is 0 Å². The fraction of sp³-hybridized carbons (Fsp3) is 0.300. The summed E-state index contributed by atoms with van der Waals surface area (Å²) in [4.78, 5) is 34.2. The molecule has 0 aromatic carbocycles. The molecule has 2 rings (SSSR count). The Labute approximate surface area is 107 Å². The lowest BCUT2D eigenvalue weighted by atomic mass is 10.1. The minimum absolute atomic E-state index is 0.0590. The summed E-state index contributed by atoms with van der Waals surface area (Å²) in [6.07, 6.45) is 0.463. The molecular weight excluding hydrogens is 252 g/mol. The summed E-state index contributed by atoms with van der Waals surface area (Å²) in [6, 6.07) is 2.16. The third kappa shape index (κ3) is 3.01. The zero-order valence-corrected chi connectivity index (χ0v) is 9.84. The van der Waals surface area contributed by atoms with E-state index in [0.717, 1.165) is 0 Å². The van der Waals surface area contributed by atoms with Crippen LogP contribution in [-0.2, 0) is 9.59 Å². The fourth-order valence-electron chi connectivity index (χ4n) is 1.59. The smallest absolute Gasteiger partial charge is 0.272 e. The van der Waals surface area contributed by atoms with Crippen LogP contribution in [0.15, 0.2) is 12.1 Å². The highest BCUT2D eigenvalue weighted by Crippen LogP contribution is 2.06. The second-order valence-corrected chi connectivity index (χ2v) is 3.93. The monoisotopic (exact) mass is 264 g/mol. The van der Waals surface area contributed by atoms with Gasteiger partial charge < -0.3 is 10.7 Å². The Morgan fingerprint density at radius 3 is 2.74 bits per heavy atom. The molecule has 1 aliphatic rings. The van der Waals surface area contributed by atoms with E-state index in [-0.39, 0.29) is 24.4 Å². The van der Waals surface area contributed by atoms with E-state index in [1.165, 1.54) is 12.1 Å². The molecule has 100 valence electrons. The van der Waals surface area contributed by atoms with Crippen molar-refractivity contribution >= 4 is 23.5 Å². The van der Waals surface area contributed by atoms with Crippen LogP contribution in [0.3, 0.4) is 0 Å². The average molecular weight is 264 g/mol. The molecule has 9 heteroatoms. The topological polar surface area (TPSA) is 139 Å². The van der Waals surface area contributed by atoms with Crippen molar-refractivity contribution < 1.29 is 14.4 Å². The molecule has 0 aliphatic carbocycles. The SMILES string of the molecule is NNc1ccc(C(=O)NC2CCC(=O)NC2=O)nn1. The van der Waals surface area contributed by atoms with Crippen LogP contribution < -0.4 is 21.9 Å². The number of nitrogens with zero attached hydrogens (tertiary/aromatic N) is 2. The molecular formula is C10H12N6O3. The largest absolute Gasteiger partial charge is 0.339 e. The summed E-state index contributed by atoms with van der Waals surface area (Å²) >= 11 is 0. The van der Waals surface area contributed by atoms with E-state index in [4.69, 9.17) is 5.84 Å². The van der Waals surface area contributed by atoms with Crippen LogP contribution in [0, 0.1) is 0 Å². The Hall–Kier alpha value is -2.55. The lowest BCUT2D eigenvalue weighted by Crippen LogP contribution is -2.52. The number of nitrogen functional groups attached to an aromatic ring is 1. The van der Waals surface area contributed by atoms with Gasteiger partial charge >= 0.3 is 0 Å². The minimum atomic E-state index is -0.737. The van der Waals surface area contributed by atoms with Gasteiger partial charge in [-0.25, -0.2) is 5.84 Å². The van der Waals surface area contributed by atoms with Gasteiger partial charge in [0.25, 0.3) is 5.91 Å². The van der Waals surface area contributed by atoms with Crippen LogP contribution in [0.4, 0.5) is 5.82 Å². The summed E-state index contributed by atoms with van der Waals surface area (Å²) in [7, 11) is 0. The van der Waals surface area contributed by atoms with Gasteiger partial charge in [-0.3, -0.25) is 19.7 Å². The van der Waals surface area contributed by atoms with Crippen molar-refractivity contribution in [2.24, 2.45) is 5.84 Å². The highest BCUT2D eigenvalue weighted by Gasteiger charge is 2.28. The Balaban J connectivity index is 2.00. The zero-order valence-electron chi connectivity index (χ0n) is 9.84. The van der Waals surface area contributed by atoms with Gasteiger partial charge in [-0.1, -0.05) is 0 Å². The standard InChI is InChI=1S/C10H12N6O3/c11-14-7-3-1-6(15-16-7)10(19)12-5-2-4-8(17)13-9(5)18/h1,3,5H,2,4,11H2,(H,12,19)(H,14,16)(H,13,17,18). The molecule has 1 fully saturated rings. The molecule has 5 N–H and O–H groups in total. The molecule has 9 nitrogen and oxygen atoms in total. The van der Waals surface area contributed by atoms with E-state index in [2.05, 4.69) is 26.3 Å². The Morgan fingerprint density at radius 1 is 1.37 bits per heavy atom. The number of rotatable bonds is 3. The van der Waals surface area contributed by atoms with Gasteiger partial charge in [-0.05, 0) is 18.6 Å². The van der Waals surface area contributed by atoms with Crippen molar-refractivity contribution in [3.63, 3.8) is 0 Å². The van der Waals surface area contributed by atoms with Crippen molar-refractivity contribution in [1.29, 1.82) is 0 Å². The molecule has 0 spiro atoms. The predicted octanol–water partition coefficient (Wildman–Crippen LogP) is -1.70. The highest BCUT2D eigenvalue weighted by atomic mass is 16.2. The van der Waals surface area contributed by atoms with Gasteiger partial charge in [0.15, 0.2) is 11.5 Å². The predicted molar refractivity (Wildman–Crippen MR) is 63.5 cm³/mol. The normalized spacial score (nSPS) is 18.7. The molecule has 0 radical (unpaired) electrons. The van der Waals surface area contributed by atoms with E-state index >= 15 is 0 Å². The highest BCUT2D eigenvalue weighted by molar-refractivity contribution is 6.03. The first-order valence-electron chi connectivity index (χ1n) is 5.55. The van der Waals surface area contributed by atoms with Gasteiger partial charge in [0.05, 0.1) is 0 Å². The summed E-state index contributed by atoms with van der Waals surface area (Å²) in [5, 5.41) is 11.9. The first-order chi connectivity index (χ1) is 9.10. The summed E-state index contributed by atoms with van der Waals surface area (Å²) in [5.74, 6) is 4.04. The number of amides is 3. The summed E-state index contributed by atoms with van der Waals surface area (Å²) in [6.45, 7) is 0. The maximum Gasteiger partial charge on any atom is 0.272 e. The zero-order chi connectivity index (χ0) is 13.8. The number of piperidine rings is 1. The molecule has 0 bridgehead atoms. The number of imide groups is 1. The first kappa shape index (κ1) is 12.9. The lowest BCUT2D eigenvalue weighted by molar-refractivity contribution is -0.134. The van der Waals surface area contributed by atoms with Crippen molar-refractivity contribution in [1.82, 2.24) is 20.8 Å². The van der Waals surface area contributed by atoms with Crippen LogP contribution in [-0.4, -0.2) is 34.0 Å². The van der Waals surface area contributed by atoms with Crippen molar-refractivity contribution in [3.05, 3.63) is 17.8 Å². The van der Waals surface area contributed by atoms with Crippen molar-refractivity contribution in [2.75, 3.05) is 5.43 Å². The van der Waals surface area contributed by atoms with E-state index in [1.807, 2.05) is 0 Å². The van der Waals surface area contributed by atoms with Gasteiger partial charge in [-0.15, -0.1) is 10.2 Å². The van der Waals surface area contributed by atoms with E-state index in [9.17, 15) is 14.4 Å². The van der Waals surface area contributed by atoms with Gasteiger partial charge in [0, 0.05) is 6.42 Å². The van der Waals surface area contributed by atoms with Crippen LogP contribution in [0.25, 0.3) is 0 Å². The number of aromatic nitrogens is 2. The lowest BCUT2D eigenvalue weighted by Gasteiger charge is -2.21. The molecule has 1 aromatic rings. The molecule has 1 aliphatic heterocycles. The number of nitrogens with two attached hydrogens (primary N) is 1. The van der Waals surface area contributed by atoms with Crippen LogP contribution in [0.1, 0.15) is 23.3 Å². The van der Waals surface area contributed by atoms with Gasteiger partial charge in [0.1, 0.15) is 6.04 Å². The molecule has 3 amide bonds. The second-order valence-electron chi connectivity index (χ2n) is 3.93. The summed E-state index contributed by atoms with van der Waals surface area (Å²) < 4.78 is 0. The van der Waals surface area contributed by atoms with E-state index in [1.54, 1.807) is 0 Å². The van der Waals surface area contributed by atoms with E-state index in [0.29, 0.717) is 5.82 Å². The molecule has 19 heavy (non-hydrogen) atoms. The van der Waals surface area contributed by atoms with Crippen LogP contribution in [0.5, 0.6) is 0 Å². The minimum Gasteiger partial charge on any atom is -0.339 e. The molecule has 1 atom stereocenters. The van der Waals surface area contributed by atoms with E-state index < -0.39 is 17.9 Å². The number of nitrogens with one attached hydrogen (secondary N) is 3. The molecule has 1 aromatic heterocycles. The van der Waals surface area contributed by atoms with Gasteiger partial charge in [-0.2, -0.15) is 0 Å². The quantitative estimate of drug-likeness (QED) is 0.290. The number of hydrazine groups is 1. The third-order valence-corrected chi connectivity index (χ3v) is 2.59. The fourth-order valence-corrected chi connectivity index (χ4v) is 1.59. The van der Waals surface area contributed by atoms with Gasteiger partial charge in [0.2, 0.25) is 11.8 Å². The molecule has 0 saturated carbocycles. The Kier molecular flexibility index (Phi) is 3.66. The van der Waals surface area contributed by atoms with Crippen LogP contribution in [0.2, 0.25) is 0 Å². The number of carbonyl (C=O) groups excluding carboxylic acids is 3. The first-order valence-corrected chi connectivity index (χ1v) is 5.55. The maximum absolute atomic E-state index is 11.8. The maximum atomic E-state index is 11.8.